The van der Waals surface area contributed by atoms with Gasteiger partial charge in [0, 0.05) is 20.2 Å². The number of esters is 1. The van der Waals surface area contributed by atoms with Crippen LogP contribution in [0.4, 0.5) is 0 Å². The van der Waals surface area contributed by atoms with Crippen molar-refractivity contribution in [2.24, 2.45) is 14.1 Å². The Hall–Kier alpha value is -2.67. The van der Waals surface area contributed by atoms with Gasteiger partial charge in [0.2, 0.25) is 0 Å². The summed E-state index contributed by atoms with van der Waals surface area (Å²) in [7, 11) is 2.88. The van der Waals surface area contributed by atoms with E-state index in [0.29, 0.717) is 16.8 Å². The molecule has 0 aliphatic heterocycles. The summed E-state index contributed by atoms with van der Waals surface area (Å²) in [4.78, 5) is 35.3. The van der Waals surface area contributed by atoms with E-state index in [2.05, 4.69) is 0 Å². The molecule has 1 N–H and O–H groups in total. The van der Waals surface area contributed by atoms with Crippen LogP contribution in [0.2, 0.25) is 0 Å². The van der Waals surface area contributed by atoms with Crippen molar-refractivity contribution in [1.29, 1.82) is 0 Å². The van der Waals surface area contributed by atoms with E-state index in [4.69, 9.17) is 9.84 Å². The maximum absolute atomic E-state index is 11.9. The Morgan fingerprint density at radius 2 is 1.77 bits per heavy atom. The Labute approximate surface area is 126 Å². The van der Waals surface area contributed by atoms with Crippen LogP contribution in [0, 0.1) is 0 Å². The largest absolute Gasteiger partial charge is 0.456 e. The molecule has 0 saturated carbocycles. The molecular formula is C15H16N2O5. The molecule has 116 valence electrons. The Morgan fingerprint density at radius 3 is 2.36 bits per heavy atom. The van der Waals surface area contributed by atoms with Crippen molar-refractivity contribution < 1.29 is 14.6 Å². The van der Waals surface area contributed by atoms with Gasteiger partial charge < -0.3 is 9.84 Å². The molecule has 0 spiro atoms. The number of carbonyl (C=O) groups excluding carboxylic acids is 1. The number of benzene rings is 1. The number of ether oxygens (including phenoxy) is 1. The molecule has 2 aromatic rings. The van der Waals surface area contributed by atoms with E-state index < -0.39 is 17.2 Å². The van der Waals surface area contributed by atoms with Crippen molar-refractivity contribution in [3.63, 3.8) is 0 Å². The van der Waals surface area contributed by atoms with Crippen LogP contribution >= 0.6 is 0 Å². The third-order valence-electron chi connectivity index (χ3n) is 3.35. The molecule has 0 atom stereocenters. The maximum atomic E-state index is 11.9. The van der Waals surface area contributed by atoms with Crippen LogP contribution in [-0.4, -0.2) is 20.2 Å². The summed E-state index contributed by atoms with van der Waals surface area (Å²) in [5, 5.41) is 8.94. The molecule has 2 rings (SSSR count). The second-order valence-electron chi connectivity index (χ2n) is 4.81. The van der Waals surface area contributed by atoms with Gasteiger partial charge in [0.15, 0.2) is 0 Å². The smallest absolute Gasteiger partial charge is 0.338 e. The molecular weight excluding hydrogens is 288 g/mol. The lowest BCUT2D eigenvalue weighted by Gasteiger charge is -2.10. The molecule has 1 heterocycles. The fraction of sp³-hybridized carbons (Fsp3) is 0.267. The zero-order chi connectivity index (χ0) is 16.3. The molecule has 7 heteroatoms. The molecule has 1 aromatic carbocycles. The average Bonchev–Trinajstić information content (AvgIpc) is 2.54. The van der Waals surface area contributed by atoms with Crippen LogP contribution in [-0.2, 0) is 32.0 Å². The molecule has 0 aliphatic carbocycles. The molecule has 7 nitrogen and oxygen atoms in total. The zero-order valence-electron chi connectivity index (χ0n) is 12.3. The number of hydrogen-bond donors (Lipinski definition) is 1. The Bertz CT molecular complexity index is 802. The van der Waals surface area contributed by atoms with Gasteiger partial charge in [0.05, 0.1) is 17.9 Å². The third kappa shape index (κ3) is 3.15. The summed E-state index contributed by atoms with van der Waals surface area (Å²) in [5.74, 6) is -0.572. The second kappa shape index (κ2) is 6.40. The summed E-state index contributed by atoms with van der Waals surface area (Å²) < 4.78 is 7.33. The van der Waals surface area contributed by atoms with Gasteiger partial charge in [-0.3, -0.25) is 13.9 Å². The number of rotatable bonds is 4. The molecule has 0 unspecified atom stereocenters. The van der Waals surface area contributed by atoms with Crippen LogP contribution in [0.5, 0.6) is 0 Å². The monoisotopic (exact) mass is 304 g/mol. The predicted molar refractivity (Wildman–Crippen MR) is 78.4 cm³/mol. The SMILES string of the molecule is Cn1c(COC(=O)c2ccc(CO)cc2)cc(=O)n(C)c1=O. The fourth-order valence-corrected chi connectivity index (χ4v) is 1.89. The van der Waals surface area contributed by atoms with E-state index in [-0.39, 0.29) is 13.2 Å². The van der Waals surface area contributed by atoms with Crippen molar-refractivity contribution >= 4 is 5.97 Å². The zero-order valence-corrected chi connectivity index (χ0v) is 12.3. The van der Waals surface area contributed by atoms with E-state index in [1.165, 1.54) is 36.9 Å². The lowest BCUT2D eigenvalue weighted by molar-refractivity contribution is 0.0462. The Kier molecular flexibility index (Phi) is 4.57. The highest BCUT2D eigenvalue weighted by Crippen LogP contribution is 2.07. The minimum absolute atomic E-state index is 0.106. The molecule has 0 saturated heterocycles. The highest BCUT2D eigenvalue weighted by atomic mass is 16.5. The highest BCUT2D eigenvalue weighted by molar-refractivity contribution is 5.89. The molecule has 0 bridgehead atoms. The maximum Gasteiger partial charge on any atom is 0.338 e. The van der Waals surface area contributed by atoms with E-state index >= 15 is 0 Å². The van der Waals surface area contributed by atoms with E-state index in [1.807, 2.05) is 0 Å². The second-order valence-corrected chi connectivity index (χ2v) is 4.81. The summed E-state index contributed by atoms with van der Waals surface area (Å²) in [6, 6.07) is 7.56. The first-order valence-corrected chi connectivity index (χ1v) is 6.57. The average molecular weight is 304 g/mol. The third-order valence-corrected chi connectivity index (χ3v) is 3.35. The molecule has 0 radical (unpaired) electrons. The van der Waals surface area contributed by atoms with Gasteiger partial charge >= 0.3 is 11.7 Å². The van der Waals surface area contributed by atoms with Gasteiger partial charge in [0.1, 0.15) is 6.61 Å². The van der Waals surface area contributed by atoms with E-state index in [1.54, 1.807) is 12.1 Å². The molecule has 0 amide bonds. The first-order valence-electron chi connectivity index (χ1n) is 6.57. The summed E-state index contributed by atoms with van der Waals surface area (Å²) in [6.07, 6.45) is 0. The van der Waals surface area contributed by atoms with Crippen LogP contribution < -0.4 is 11.2 Å². The van der Waals surface area contributed by atoms with Crippen molar-refractivity contribution in [1.82, 2.24) is 9.13 Å². The van der Waals surface area contributed by atoms with Gasteiger partial charge in [-0.2, -0.15) is 0 Å². The summed E-state index contributed by atoms with van der Waals surface area (Å²) in [5.41, 5.74) is 0.386. The molecule has 1 aromatic heterocycles. The quantitative estimate of drug-likeness (QED) is 0.799. The number of aliphatic hydroxyl groups excluding tert-OH is 1. The molecule has 0 fully saturated rings. The van der Waals surface area contributed by atoms with Crippen molar-refractivity contribution in [2.75, 3.05) is 0 Å². The highest BCUT2D eigenvalue weighted by Gasteiger charge is 2.10. The standard InChI is InChI=1S/C15H16N2O5/c1-16-12(7-13(19)17(2)15(16)21)9-22-14(20)11-5-3-10(8-18)4-6-11/h3-7,18H,8-9H2,1-2H3. The number of carbonyl (C=O) groups is 1. The van der Waals surface area contributed by atoms with Gasteiger partial charge in [-0.1, -0.05) is 12.1 Å². The minimum atomic E-state index is -0.572. The Morgan fingerprint density at radius 1 is 1.14 bits per heavy atom. The topological polar surface area (TPSA) is 90.5 Å². The van der Waals surface area contributed by atoms with E-state index in [0.717, 1.165) is 4.57 Å². The summed E-state index contributed by atoms with van der Waals surface area (Å²) in [6.45, 7) is -0.285. The van der Waals surface area contributed by atoms with Gasteiger partial charge in [-0.25, -0.2) is 9.59 Å². The van der Waals surface area contributed by atoms with Gasteiger partial charge in [-0.15, -0.1) is 0 Å². The number of aliphatic hydroxyl groups is 1. The summed E-state index contributed by atoms with van der Waals surface area (Å²) >= 11 is 0. The number of nitrogens with zero attached hydrogens (tertiary/aromatic N) is 2. The first-order chi connectivity index (χ1) is 10.4. The van der Waals surface area contributed by atoms with Crippen molar-refractivity contribution in [3.05, 3.63) is 68.0 Å². The van der Waals surface area contributed by atoms with Crippen LogP contribution in [0.15, 0.2) is 39.9 Å². The first kappa shape index (κ1) is 15.7. The number of hydrogen-bond acceptors (Lipinski definition) is 5. The lowest BCUT2D eigenvalue weighted by atomic mass is 10.1. The predicted octanol–water partition coefficient (Wildman–Crippen LogP) is -0.0667. The van der Waals surface area contributed by atoms with E-state index in [9.17, 15) is 14.4 Å². The van der Waals surface area contributed by atoms with Crippen LogP contribution in [0.25, 0.3) is 0 Å². The molecule has 0 aliphatic rings. The van der Waals surface area contributed by atoms with Crippen molar-refractivity contribution in [3.8, 4) is 0 Å². The van der Waals surface area contributed by atoms with Crippen LogP contribution in [0.1, 0.15) is 21.6 Å². The fourth-order valence-electron chi connectivity index (χ4n) is 1.89. The van der Waals surface area contributed by atoms with Crippen molar-refractivity contribution in [2.45, 2.75) is 13.2 Å². The number of aromatic nitrogens is 2. The normalized spacial score (nSPS) is 10.5. The minimum Gasteiger partial charge on any atom is -0.456 e. The lowest BCUT2D eigenvalue weighted by Crippen LogP contribution is -2.38. The van der Waals surface area contributed by atoms with Gasteiger partial charge in [0.25, 0.3) is 5.56 Å². The van der Waals surface area contributed by atoms with Gasteiger partial charge in [-0.05, 0) is 17.7 Å². The molecule has 22 heavy (non-hydrogen) atoms. The Balaban J connectivity index is 2.14. The van der Waals surface area contributed by atoms with Crippen LogP contribution in [0.3, 0.4) is 0 Å².